The van der Waals surface area contributed by atoms with E-state index in [1.165, 1.54) is 24.0 Å². The zero-order valence-electron chi connectivity index (χ0n) is 9.38. The molecule has 7 nitrogen and oxygen atoms in total. The normalized spacial score (nSPS) is 14.0. The molecule has 0 radical (unpaired) electrons. The fourth-order valence-corrected chi connectivity index (χ4v) is 2.61. The Labute approximate surface area is 94.4 Å². The smallest absolute Gasteiger partial charge is 0.260 e. The fraction of sp³-hybridized carbons (Fsp3) is 0.500. The zero-order chi connectivity index (χ0) is 12.5. The molecule has 1 atom stereocenters. The van der Waals surface area contributed by atoms with Gasteiger partial charge in [0.25, 0.3) is 10.0 Å². The van der Waals surface area contributed by atoms with Crippen LogP contribution < -0.4 is 5.73 Å². The lowest BCUT2D eigenvalue weighted by Gasteiger charge is -2.22. The number of hydrogen-bond acceptors (Lipinski definition) is 4. The van der Waals surface area contributed by atoms with Crippen LogP contribution in [0.1, 0.15) is 6.92 Å². The van der Waals surface area contributed by atoms with Gasteiger partial charge in [-0.1, -0.05) is 0 Å². The van der Waals surface area contributed by atoms with Crippen molar-refractivity contribution in [3.63, 3.8) is 0 Å². The molecule has 1 rings (SSSR count). The highest BCUT2D eigenvalue weighted by Gasteiger charge is 2.28. The third kappa shape index (κ3) is 2.07. The number of sulfonamides is 1. The maximum atomic E-state index is 12.1. The van der Waals surface area contributed by atoms with E-state index >= 15 is 0 Å². The molecule has 0 amide bonds. The van der Waals surface area contributed by atoms with E-state index in [0.717, 1.165) is 4.31 Å². The minimum Gasteiger partial charge on any atom is -0.386 e. The quantitative estimate of drug-likeness (QED) is 0.544. The lowest BCUT2D eigenvalue weighted by Crippen LogP contribution is -2.43. The third-order valence-electron chi connectivity index (χ3n) is 2.41. The third-order valence-corrected chi connectivity index (χ3v) is 4.42. The van der Waals surface area contributed by atoms with Crippen molar-refractivity contribution < 1.29 is 8.42 Å². The van der Waals surface area contributed by atoms with E-state index in [0.29, 0.717) is 0 Å². The van der Waals surface area contributed by atoms with Crippen molar-refractivity contribution in [1.29, 1.82) is 5.41 Å². The van der Waals surface area contributed by atoms with Crippen LogP contribution in [0.5, 0.6) is 0 Å². The summed E-state index contributed by atoms with van der Waals surface area (Å²) in [5.41, 5.74) is 5.28. The number of nitrogens with two attached hydrogens (primary N) is 1. The Morgan fingerprint density at radius 1 is 1.69 bits per heavy atom. The summed E-state index contributed by atoms with van der Waals surface area (Å²) in [7, 11) is -0.733. The predicted molar refractivity (Wildman–Crippen MR) is 59.5 cm³/mol. The molecular weight excluding hydrogens is 230 g/mol. The van der Waals surface area contributed by atoms with Crippen LogP contribution in [-0.2, 0) is 17.1 Å². The van der Waals surface area contributed by atoms with E-state index in [-0.39, 0.29) is 10.9 Å². The summed E-state index contributed by atoms with van der Waals surface area (Å²) in [5, 5.41) is 11.1. The van der Waals surface area contributed by atoms with E-state index in [1.807, 2.05) is 0 Å². The molecule has 0 aliphatic rings. The average Bonchev–Trinajstić information content (AvgIpc) is 2.62. The summed E-state index contributed by atoms with van der Waals surface area (Å²) in [6.45, 7) is 1.55. The van der Waals surface area contributed by atoms with E-state index in [9.17, 15) is 8.42 Å². The number of rotatable bonds is 4. The van der Waals surface area contributed by atoms with E-state index in [2.05, 4.69) is 5.10 Å². The summed E-state index contributed by atoms with van der Waals surface area (Å²) >= 11 is 0. The number of aromatic nitrogens is 2. The van der Waals surface area contributed by atoms with E-state index in [4.69, 9.17) is 11.1 Å². The molecule has 0 aromatic carbocycles. The van der Waals surface area contributed by atoms with Crippen LogP contribution >= 0.6 is 0 Å². The Bertz CT molecular complexity index is 492. The molecule has 1 heterocycles. The van der Waals surface area contributed by atoms with Crippen molar-refractivity contribution in [1.82, 2.24) is 14.1 Å². The molecule has 1 unspecified atom stereocenters. The van der Waals surface area contributed by atoms with Gasteiger partial charge in [0.05, 0.1) is 12.2 Å². The largest absolute Gasteiger partial charge is 0.386 e. The van der Waals surface area contributed by atoms with Crippen molar-refractivity contribution in [2.75, 3.05) is 7.05 Å². The molecule has 90 valence electrons. The first-order valence-corrected chi connectivity index (χ1v) is 6.02. The lowest BCUT2D eigenvalue weighted by molar-refractivity contribution is 0.440. The number of nitrogens with one attached hydrogen (secondary N) is 1. The number of aryl methyl sites for hydroxylation is 1. The van der Waals surface area contributed by atoms with E-state index in [1.54, 1.807) is 14.0 Å². The first-order valence-electron chi connectivity index (χ1n) is 4.58. The summed E-state index contributed by atoms with van der Waals surface area (Å²) in [5.74, 6) is -0.201. The standard InChI is InChI=1S/C8H15N5O2S/c1-6(8(9)10)13(3)16(14,15)7-4-5-11-12(7)2/h4-6H,1-3H3,(H3,9,10). The molecule has 0 fully saturated rings. The Morgan fingerprint density at radius 2 is 2.25 bits per heavy atom. The predicted octanol–water partition coefficient (Wildman–Crippen LogP) is -0.635. The summed E-state index contributed by atoms with van der Waals surface area (Å²) in [4.78, 5) is 0. The topological polar surface area (TPSA) is 105 Å². The molecule has 0 bridgehead atoms. The number of likely N-dealkylation sites (N-methyl/N-ethyl adjacent to an activating group) is 1. The van der Waals surface area contributed by atoms with Gasteiger partial charge in [-0.3, -0.25) is 10.1 Å². The SMILES string of the molecule is CC(C(=N)N)N(C)S(=O)(=O)c1ccnn1C. The van der Waals surface area contributed by atoms with Crippen molar-refractivity contribution >= 4 is 15.9 Å². The fourth-order valence-electron chi connectivity index (χ4n) is 1.17. The number of amidine groups is 1. The van der Waals surface area contributed by atoms with Gasteiger partial charge in [0.1, 0.15) is 5.84 Å². The van der Waals surface area contributed by atoms with Crippen LogP contribution in [0.3, 0.4) is 0 Å². The molecule has 1 aromatic heterocycles. The number of nitrogens with zero attached hydrogens (tertiary/aromatic N) is 3. The van der Waals surface area contributed by atoms with Crippen molar-refractivity contribution in [3.05, 3.63) is 12.3 Å². The minimum absolute atomic E-state index is 0.0723. The Balaban J connectivity index is 3.13. The molecule has 0 saturated carbocycles. The molecule has 8 heteroatoms. The van der Waals surface area contributed by atoms with Gasteiger partial charge in [-0.15, -0.1) is 0 Å². The van der Waals surface area contributed by atoms with Gasteiger partial charge in [0.15, 0.2) is 5.03 Å². The number of hydrogen-bond donors (Lipinski definition) is 2. The molecule has 16 heavy (non-hydrogen) atoms. The lowest BCUT2D eigenvalue weighted by atomic mass is 10.3. The first-order chi connectivity index (χ1) is 7.28. The Morgan fingerprint density at radius 3 is 2.62 bits per heavy atom. The summed E-state index contributed by atoms with van der Waals surface area (Å²) < 4.78 is 26.5. The van der Waals surface area contributed by atoms with Crippen LogP contribution in [0.25, 0.3) is 0 Å². The second-order valence-corrected chi connectivity index (χ2v) is 5.39. The molecular formula is C8H15N5O2S. The van der Waals surface area contributed by atoms with Crippen molar-refractivity contribution in [2.24, 2.45) is 12.8 Å². The maximum Gasteiger partial charge on any atom is 0.260 e. The van der Waals surface area contributed by atoms with Crippen LogP contribution in [0, 0.1) is 5.41 Å². The molecule has 0 spiro atoms. The van der Waals surface area contributed by atoms with Gasteiger partial charge in [0.2, 0.25) is 0 Å². The highest BCUT2D eigenvalue weighted by Crippen LogP contribution is 2.14. The molecule has 3 N–H and O–H groups in total. The van der Waals surface area contributed by atoms with Gasteiger partial charge < -0.3 is 5.73 Å². The minimum atomic E-state index is -3.66. The molecule has 0 aliphatic carbocycles. The molecule has 1 aromatic rings. The Kier molecular flexibility index (Phi) is 3.34. The van der Waals surface area contributed by atoms with Gasteiger partial charge in [-0.25, -0.2) is 8.42 Å². The molecule has 0 aliphatic heterocycles. The second-order valence-electron chi connectivity index (χ2n) is 3.45. The monoisotopic (exact) mass is 245 g/mol. The maximum absolute atomic E-state index is 12.1. The first kappa shape index (κ1) is 12.7. The highest BCUT2D eigenvalue weighted by atomic mass is 32.2. The summed E-state index contributed by atoms with van der Waals surface area (Å²) in [6, 6.07) is 0.721. The molecule has 0 saturated heterocycles. The average molecular weight is 245 g/mol. The van der Waals surface area contributed by atoms with Crippen LogP contribution in [-0.4, -0.2) is 41.4 Å². The second kappa shape index (κ2) is 4.22. The zero-order valence-corrected chi connectivity index (χ0v) is 10.2. The van der Waals surface area contributed by atoms with Gasteiger partial charge >= 0.3 is 0 Å². The van der Waals surface area contributed by atoms with Crippen LogP contribution in [0.15, 0.2) is 17.3 Å². The van der Waals surface area contributed by atoms with Crippen molar-refractivity contribution in [3.8, 4) is 0 Å². The summed E-state index contributed by atoms with van der Waals surface area (Å²) in [6.07, 6.45) is 1.40. The Hall–Kier alpha value is -1.41. The van der Waals surface area contributed by atoms with Gasteiger partial charge in [-0.2, -0.15) is 9.40 Å². The van der Waals surface area contributed by atoms with Crippen molar-refractivity contribution in [2.45, 2.75) is 18.0 Å². The van der Waals surface area contributed by atoms with Crippen LogP contribution in [0.4, 0.5) is 0 Å². The van der Waals surface area contributed by atoms with E-state index < -0.39 is 16.1 Å². The van der Waals surface area contributed by atoms with Gasteiger partial charge in [0, 0.05) is 14.1 Å². The van der Waals surface area contributed by atoms with Crippen LogP contribution in [0.2, 0.25) is 0 Å². The highest BCUT2D eigenvalue weighted by molar-refractivity contribution is 7.89. The van der Waals surface area contributed by atoms with Gasteiger partial charge in [-0.05, 0) is 13.0 Å².